The highest BCUT2D eigenvalue weighted by atomic mass is 35.5. The maximum absolute atomic E-state index is 12.2. The number of likely N-dealkylation sites (tertiary alicyclic amines) is 1. The Hall–Kier alpha value is -1.60. The minimum absolute atomic E-state index is 0.0692. The van der Waals surface area contributed by atoms with Gasteiger partial charge in [-0.25, -0.2) is 14.8 Å². The number of carbonyl (C=O) groups is 1. The molecule has 120 valence electrons. The van der Waals surface area contributed by atoms with Crippen molar-refractivity contribution in [3.8, 4) is 0 Å². The lowest BCUT2D eigenvalue weighted by Crippen LogP contribution is -2.40. The molecule has 0 spiro atoms. The summed E-state index contributed by atoms with van der Waals surface area (Å²) in [6.07, 6.45) is 1.43. The summed E-state index contributed by atoms with van der Waals surface area (Å²) in [7, 11) is 0. The number of anilines is 1. The SMILES string of the molecule is CC(C)(C)OC(=O)N1CC2NCc3cnc(Cl)nc3NC2C1. The summed E-state index contributed by atoms with van der Waals surface area (Å²) >= 11 is 5.86. The first-order chi connectivity index (χ1) is 10.3. The van der Waals surface area contributed by atoms with Crippen LogP contribution in [0.4, 0.5) is 10.6 Å². The molecule has 8 heteroatoms. The topological polar surface area (TPSA) is 79.4 Å². The molecule has 0 aliphatic carbocycles. The van der Waals surface area contributed by atoms with Gasteiger partial charge in [0.15, 0.2) is 0 Å². The summed E-state index contributed by atoms with van der Waals surface area (Å²) in [4.78, 5) is 22.1. The summed E-state index contributed by atoms with van der Waals surface area (Å²) in [5.74, 6) is 0.728. The zero-order chi connectivity index (χ0) is 15.9. The van der Waals surface area contributed by atoms with Gasteiger partial charge in [-0.05, 0) is 32.4 Å². The number of fused-ring (bicyclic) bond motifs is 2. The molecule has 0 bridgehead atoms. The van der Waals surface area contributed by atoms with Crippen molar-refractivity contribution in [1.29, 1.82) is 0 Å². The van der Waals surface area contributed by atoms with Gasteiger partial charge in [0, 0.05) is 37.4 Å². The van der Waals surface area contributed by atoms with E-state index in [9.17, 15) is 4.79 Å². The summed E-state index contributed by atoms with van der Waals surface area (Å²) in [6.45, 7) is 7.40. The van der Waals surface area contributed by atoms with Crippen LogP contribution in [0.3, 0.4) is 0 Å². The van der Waals surface area contributed by atoms with Gasteiger partial charge >= 0.3 is 6.09 Å². The molecule has 0 saturated carbocycles. The largest absolute Gasteiger partial charge is 0.444 e. The van der Waals surface area contributed by atoms with E-state index in [1.807, 2.05) is 20.8 Å². The Bertz CT molecular complexity index is 589. The monoisotopic (exact) mass is 325 g/mol. The lowest BCUT2D eigenvalue weighted by atomic mass is 10.2. The van der Waals surface area contributed by atoms with Gasteiger partial charge in [0.1, 0.15) is 11.4 Å². The highest BCUT2D eigenvalue weighted by Gasteiger charge is 2.38. The van der Waals surface area contributed by atoms with E-state index in [0.29, 0.717) is 19.6 Å². The third-order valence-corrected chi connectivity index (χ3v) is 3.87. The Balaban J connectivity index is 1.71. The summed E-state index contributed by atoms with van der Waals surface area (Å²) in [5, 5.41) is 7.01. The molecule has 22 heavy (non-hydrogen) atoms. The van der Waals surface area contributed by atoms with Crippen molar-refractivity contribution in [2.45, 2.75) is 45.0 Å². The molecule has 2 N–H and O–H groups in total. The van der Waals surface area contributed by atoms with Crippen molar-refractivity contribution in [1.82, 2.24) is 20.2 Å². The molecule has 0 aromatic carbocycles. The van der Waals surface area contributed by atoms with Crippen LogP contribution in [0, 0.1) is 0 Å². The van der Waals surface area contributed by atoms with Gasteiger partial charge in [-0.1, -0.05) is 0 Å². The fourth-order valence-corrected chi connectivity index (χ4v) is 2.82. The van der Waals surface area contributed by atoms with E-state index < -0.39 is 5.60 Å². The van der Waals surface area contributed by atoms with E-state index in [4.69, 9.17) is 16.3 Å². The highest BCUT2D eigenvalue weighted by Crippen LogP contribution is 2.24. The Morgan fingerprint density at radius 2 is 2.14 bits per heavy atom. The van der Waals surface area contributed by atoms with Crippen LogP contribution in [-0.4, -0.2) is 51.7 Å². The van der Waals surface area contributed by atoms with Crippen molar-refractivity contribution in [2.75, 3.05) is 18.4 Å². The van der Waals surface area contributed by atoms with Gasteiger partial charge < -0.3 is 20.3 Å². The van der Waals surface area contributed by atoms with Gasteiger partial charge in [0.05, 0.1) is 6.04 Å². The molecule has 1 saturated heterocycles. The van der Waals surface area contributed by atoms with Crippen LogP contribution >= 0.6 is 11.6 Å². The first-order valence-electron chi connectivity index (χ1n) is 7.31. The highest BCUT2D eigenvalue weighted by molar-refractivity contribution is 6.28. The van der Waals surface area contributed by atoms with Crippen LogP contribution in [0.2, 0.25) is 5.28 Å². The molecule has 2 aliphatic heterocycles. The number of nitrogens with zero attached hydrogens (tertiary/aromatic N) is 3. The molecule has 2 atom stereocenters. The van der Waals surface area contributed by atoms with E-state index in [-0.39, 0.29) is 23.5 Å². The minimum Gasteiger partial charge on any atom is -0.444 e. The van der Waals surface area contributed by atoms with E-state index in [0.717, 1.165) is 11.4 Å². The van der Waals surface area contributed by atoms with Crippen LogP contribution < -0.4 is 10.6 Å². The number of hydrogen-bond donors (Lipinski definition) is 2. The Morgan fingerprint density at radius 1 is 1.41 bits per heavy atom. The summed E-state index contributed by atoms with van der Waals surface area (Å²) in [5.41, 5.74) is 0.485. The second kappa shape index (κ2) is 5.55. The van der Waals surface area contributed by atoms with Crippen LogP contribution in [-0.2, 0) is 11.3 Å². The average Bonchev–Trinajstić information content (AvgIpc) is 2.72. The maximum atomic E-state index is 12.2. The van der Waals surface area contributed by atoms with Crippen LogP contribution in [0.5, 0.6) is 0 Å². The minimum atomic E-state index is -0.490. The summed E-state index contributed by atoms with van der Waals surface area (Å²) in [6, 6.07) is 0.209. The van der Waals surface area contributed by atoms with Gasteiger partial charge in [0.25, 0.3) is 0 Å². The number of ether oxygens (including phenoxy) is 1. The maximum Gasteiger partial charge on any atom is 0.410 e. The number of rotatable bonds is 0. The van der Waals surface area contributed by atoms with Gasteiger partial charge in [-0.3, -0.25) is 0 Å². The first kappa shape index (κ1) is 15.3. The molecular formula is C14H20ClN5O2. The molecular weight excluding hydrogens is 306 g/mol. The molecule has 3 heterocycles. The lowest BCUT2D eigenvalue weighted by Gasteiger charge is -2.24. The predicted molar refractivity (Wildman–Crippen MR) is 82.9 cm³/mol. The molecule has 2 aliphatic rings. The number of hydrogen-bond acceptors (Lipinski definition) is 6. The third-order valence-electron chi connectivity index (χ3n) is 3.68. The number of aromatic nitrogens is 2. The van der Waals surface area contributed by atoms with Crippen molar-refractivity contribution in [2.24, 2.45) is 0 Å². The zero-order valence-electron chi connectivity index (χ0n) is 12.9. The smallest absolute Gasteiger partial charge is 0.410 e. The van der Waals surface area contributed by atoms with Crippen LogP contribution in [0.15, 0.2) is 6.20 Å². The molecule has 2 unspecified atom stereocenters. The van der Waals surface area contributed by atoms with Crippen molar-refractivity contribution >= 4 is 23.5 Å². The first-order valence-corrected chi connectivity index (χ1v) is 7.69. The van der Waals surface area contributed by atoms with Gasteiger partial charge in [0.2, 0.25) is 5.28 Å². The van der Waals surface area contributed by atoms with Crippen LogP contribution in [0.1, 0.15) is 26.3 Å². The fourth-order valence-electron chi connectivity index (χ4n) is 2.69. The molecule has 1 amide bonds. The van der Waals surface area contributed by atoms with Crippen molar-refractivity contribution in [3.05, 3.63) is 17.0 Å². The number of amides is 1. The number of halogens is 1. The summed E-state index contributed by atoms with van der Waals surface area (Å²) < 4.78 is 5.43. The quantitative estimate of drug-likeness (QED) is 0.706. The molecule has 7 nitrogen and oxygen atoms in total. The molecule has 0 radical (unpaired) electrons. The fraction of sp³-hybridized carbons (Fsp3) is 0.643. The Labute approximate surface area is 134 Å². The Kier molecular flexibility index (Phi) is 3.86. The normalized spacial score (nSPS) is 24.1. The third kappa shape index (κ3) is 3.25. The molecule has 1 fully saturated rings. The van der Waals surface area contributed by atoms with Crippen molar-refractivity contribution < 1.29 is 9.53 Å². The average molecular weight is 326 g/mol. The van der Waals surface area contributed by atoms with Crippen LogP contribution in [0.25, 0.3) is 0 Å². The molecule has 1 aromatic rings. The number of carbonyl (C=O) groups excluding carboxylic acids is 1. The van der Waals surface area contributed by atoms with E-state index in [2.05, 4.69) is 20.6 Å². The van der Waals surface area contributed by atoms with E-state index in [1.54, 1.807) is 11.1 Å². The second-order valence-corrected chi connectivity index (χ2v) is 6.97. The van der Waals surface area contributed by atoms with E-state index in [1.165, 1.54) is 0 Å². The standard InChI is InChI=1S/C14H20ClN5O2/c1-14(2,3)22-13(21)20-6-9-10(7-20)18-11-8(4-16-9)5-17-12(15)19-11/h5,9-10,16H,4,6-7H2,1-3H3,(H,17,18,19). The predicted octanol–water partition coefficient (Wildman–Crippen LogP) is 1.63. The van der Waals surface area contributed by atoms with Gasteiger partial charge in [-0.15, -0.1) is 0 Å². The second-order valence-electron chi connectivity index (χ2n) is 6.64. The zero-order valence-corrected chi connectivity index (χ0v) is 13.6. The molecule has 3 rings (SSSR count). The van der Waals surface area contributed by atoms with E-state index >= 15 is 0 Å². The Morgan fingerprint density at radius 3 is 2.86 bits per heavy atom. The van der Waals surface area contributed by atoms with Crippen molar-refractivity contribution in [3.63, 3.8) is 0 Å². The van der Waals surface area contributed by atoms with Gasteiger partial charge in [-0.2, -0.15) is 0 Å². The number of nitrogens with one attached hydrogen (secondary N) is 2. The lowest BCUT2D eigenvalue weighted by molar-refractivity contribution is 0.0289. The molecule has 1 aromatic heterocycles.